The minimum atomic E-state index is -5.63. The summed E-state index contributed by atoms with van der Waals surface area (Å²) in [4.78, 5) is 11.3. The second-order valence-corrected chi connectivity index (χ2v) is 4.15. The van der Waals surface area contributed by atoms with E-state index in [-0.39, 0.29) is 5.56 Å². The van der Waals surface area contributed by atoms with Gasteiger partial charge in [-0.25, -0.2) is 0 Å². The molecular formula is C12H10F6O. The van der Waals surface area contributed by atoms with E-state index in [9.17, 15) is 31.1 Å². The SMILES string of the molecule is Cc1cccc(CC(=O)C(C(F)(F)F)C(F)(F)F)c1. The largest absolute Gasteiger partial charge is 0.407 e. The molecule has 7 heteroatoms. The molecule has 0 unspecified atom stereocenters. The molecule has 1 aromatic rings. The van der Waals surface area contributed by atoms with Gasteiger partial charge in [0.1, 0.15) is 0 Å². The van der Waals surface area contributed by atoms with Crippen molar-refractivity contribution in [3.63, 3.8) is 0 Å². The highest BCUT2D eigenvalue weighted by Crippen LogP contribution is 2.40. The van der Waals surface area contributed by atoms with Crippen LogP contribution in [0.15, 0.2) is 24.3 Å². The number of benzene rings is 1. The van der Waals surface area contributed by atoms with Crippen molar-refractivity contribution in [1.82, 2.24) is 0 Å². The van der Waals surface area contributed by atoms with Gasteiger partial charge in [-0.1, -0.05) is 29.8 Å². The van der Waals surface area contributed by atoms with Crippen LogP contribution in [-0.2, 0) is 11.2 Å². The monoisotopic (exact) mass is 284 g/mol. The zero-order valence-corrected chi connectivity index (χ0v) is 9.77. The van der Waals surface area contributed by atoms with Crippen LogP contribution in [0.5, 0.6) is 0 Å². The molecule has 0 saturated heterocycles. The van der Waals surface area contributed by atoms with Crippen molar-refractivity contribution in [2.45, 2.75) is 25.7 Å². The fourth-order valence-corrected chi connectivity index (χ4v) is 1.68. The highest BCUT2D eigenvalue weighted by atomic mass is 19.4. The number of hydrogen-bond donors (Lipinski definition) is 0. The molecule has 0 heterocycles. The number of aryl methyl sites for hydroxylation is 1. The Kier molecular flexibility index (Phi) is 4.27. The molecule has 0 aliphatic heterocycles. The lowest BCUT2D eigenvalue weighted by atomic mass is 9.96. The Balaban J connectivity index is 2.97. The summed E-state index contributed by atoms with van der Waals surface area (Å²) in [5.74, 6) is -5.83. The molecule has 0 aliphatic rings. The van der Waals surface area contributed by atoms with Gasteiger partial charge >= 0.3 is 12.4 Å². The summed E-state index contributed by atoms with van der Waals surface area (Å²) >= 11 is 0. The van der Waals surface area contributed by atoms with Crippen molar-refractivity contribution in [3.8, 4) is 0 Å². The molecule has 1 nitrogen and oxygen atoms in total. The molecular weight excluding hydrogens is 274 g/mol. The van der Waals surface area contributed by atoms with E-state index in [4.69, 9.17) is 0 Å². The Morgan fingerprint density at radius 2 is 1.63 bits per heavy atom. The second-order valence-electron chi connectivity index (χ2n) is 4.15. The highest BCUT2D eigenvalue weighted by molar-refractivity contribution is 5.84. The van der Waals surface area contributed by atoms with Gasteiger partial charge in [0, 0.05) is 6.42 Å². The van der Waals surface area contributed by atoms with Crippen LogP contribution in [0.3, 0.4) is 0 Å². The first-order valence-corrected chi connectivity index (χ1v) is 5.23. The van der Waals surface area contributed by atoms with Crippen molar-refractivity contribution in [1.29, 1.82) is 0 Å². The third-order valence-electron chi connectivity index (χ3n) is 2.44. The maximum absolute atomic E-state index is 12.3. The summed E-state index contributed by atoms with van der Waals surface area (Å²) < 4.78 is 73.8. The van der Waals surface area contributed by atoms with E-state index in [1.807, 2.05) is 0 Å². The van der Waals surface area contributed by atoms with Crippen molar-refractivity contribution >= 4 is 5.78 Å². The Labute approximate surface area is 105 Å². The molecule has 106 valence electrons. The van der Waals surface area contributed by atoms with Gasteiger partial charge in [0.25, 0.3) is 0 Å². The minimum absolute atomic E-state index is 0.128. The summed E-state index contributed by atoms with van der Waals surface area (Å²) in [5, 5.41) is 0. The zero-order chi connectivity index (χ0) is 14.8. The fraction of sp³-hybridized carbons (Fsp3) is 0.417. The maximum Gasteiger partial charge on any atom is 0.407 e. The number of rotatable bonds is 3. The molecule has 0 bridgehead atoms. The van der Waals surface area contributed by atoms with Gasteiger partial charge in [0.15, 0.2) is 5.78 Å². The van der Waals surface area contributed by atoms with Crippen LogP contribution < -0.4 is 0 Å². The third kappa shape index (κ3) is 4.25. The predicted molar refractivity (Wildman–Crippen MR) is 55.5 cm³/mol. The Morgan fingerprint density at radius 1 is 1.11 bits per heavy atom. The van der Waals surface area contributed by atoms with Crippen molar-refractivity contribution in [3.05, 3.63) is 35.4 Å². The van der Waals surface area contributed by atoms with Crippen molar-refractivity contribution in [2.75, 3.05) is 0 Å². The number of Topliss-reactive ketones (excluding diaryl/α,β-unsaturated/α-hetero) is 1. The topological polar surface area (TPSA) is 17.1 Å². The van der Waals surface area contributed by atoms with E-state index in [1.165, 1.54) is 18.2 Å². The summed E-state index contributed by atoms with van der Waals surface area (Å²) in [6.07, 6.45) is -12.1. The van der Waals surface area contributed by atoms with E-state index in [0.29, 0.717) is 5.56 Å². The second kappa shape index (κ2) is 5.22. The van der Waals surface area contributed by atoms with Gasteiger partial charge in [-0.05, 0) is 12.5 Å². The number of halogens is 6. The molecule has 0 N–H and O–H groups in total. The first-order valence-electron chi connectivity index (χ1n) is 5.23. The lowest BCUT2D eigenvalue weighted by Gasteiger charge is -2.21. The van der Waals surface area contributed by atoms with Crippen molar-refractivity contribution < 1.29 is 31.1 Å². The quantitative estimate of drug-likeness (QED) is 0.771. The van der Waals surface area contributed by atoms with E-state index in [2.05, 4.69) is 0 Å². The molecule has 0 aromatic heterocycles. The molecule has 0 amide bonds. The highest BCUT2D eigenvalue weighted by Gasteiger charge is 2.60. The number of hydrogen-bond acceptors (Lipinski definition) is 1. The summed E-state index contributed by atoms with van der Waals surface area (Å²) in [6.45, 7) is 1.62. The van der Waals surface area contributed by atoms with Crippen molar-refractivity contribution in [2.24, 2.45) is 5.92 Å². The van der Waals surface area contributed by atoms with Crippen LogP contribution >= 0.6 is 0 Å². The third-order valence-corrected chi connectivity index (χ3v) is 2.44. The van der Waals surface area contributed by atoms with E-state index < -0.39 is 30.5 Å². The first kappa shape index (κ1) is 15.5. The summed E-state index contributed by atoms with van der Waals surface area (Å²) in [5.41, 5.74) is 0.782. The standard InChI is InChI=1S/C12H10F6O/c1-7-3-2-4-8(5-7)6-9(19)10(11(13,14)15)12(16,17)18/h2-5,10H,6H2,1H3. The first-order chi connectivity index (χ1) is 8.51. The van der Waals surface area contributed by atoms with Gasteiger partial charge in [0.2, 0.25) is 5.92 Å². The van der Waals surface area contributed by atoms with Gasteiger partial charge in [-0.2, -0.15) is 26.3 Å². The number of ketones is 1. The molecule has 19 heavy (non-hydrogen) atoms. The minimum Gasteiger partial charge on any atom is -0.298 e. The Morgan fingerprint density at radius 3 is 2.05 bits per heavy atom. The van der Waals surface area contributed by atoms with E-state index in [1.54, 1.807) is 13.0 Å². The number of carbonyl (C=O) groups is 1. The van der Waals surface area contributed by atoms with Crippen LogP contribution in [0.25, 0.3) is 0 Å². The molecule has 1 aromatic carbocycles. The van der Waals surface area contributed by atoms with Crippen LogP contribution in [0.4, 0.5) is 26.3 Å². The molecule has 0 fully saturated rings. The van der Waals surface area contributed by atoms with Gasteiger partial charge in [-0.3, -0.25) is 4.79 Å². The maximum atomic E-state index is 12.3. The van der Waals surface area contributed by atoms with E-state index in [0.717, 1.165) is 0 Å². The normalized spacial score (nSPS) is 12.8. The van der Waals surface area contributed by atoms with Crippen LogP contribution in [0, 0.1) is 12.8 Å². The van der Waals surface area contributed by atoms with E-state index >= 15 is 0 Å². The van der Waals surface area contributed by atoms with Crippen LogP contribution in [0.2, 0.25) is 0 Å². The summed E-state index contributed by atoms with van der Waals surface area (Å²) in [6, 6.07) is 5.78. The molecule has 0 spiro atoms. The summed E-state index contributed by atoms with van der Waals surface area (Å²) in [7, 11) is 0. The fourth-order valence-electron chi connectivity index (χ4n) is 1.68. The zero-order valence-electron chi connectivity index (χ0n) is 9.77. The molecule has 0 atom stereocenters. The van der Waals surface area contributed by atoms with Gasteiger partial charge < -0.3 is 0 Å². The van der Waals surface area contributed by atoms with Crippen LogP contribution in [0.1, 0.15) is 11.1 Å². The predicted octanol–water partition coefficient (Wildman–Crippen LogP) is 3.85. The number of alkyl halides is 6. The number of carbonyl (C=O) groups excluding carboxylic acids is 1. The van der Waals surface area contributed by atoms with Crippen LogP contribution in [-0.4, -0.2) is 18.1 Å². The molecule has 0 saturated carbocycles. The lowest BCUT2D eigenvalue weighted by molar-refractivity contribution is -0.273. The average molecular weight is 284 g/mol. The lowest BCUT2D eigenvalue weighted by Crippen LogP contribution is -2.43. The molecule has 1 rings (SSSR count). The smallest absolute Gasteiger partial charge is 0.298 e. The average Bonchev–Trinajstić information content (AvgIpc) is 2.11. The van der Waals surface area contributed by atoms with Gasteiger partial charge in [0.05, 0.1) is 0 Å². The molecule has 0 radical (unpaired) electrons. The Bertz CT molecular complexity index is 446. The Hall–Kier alpha value is -1.53. The molecule has 0 aliphatic carbocycles. The van der Waals surface area contributed by atoms with Gasteiger partial charge in [-0.15, -0.1) is 0 Å².